The Morgan fingerprint density at radius 1 is 1.31 bits per heavy atom. The van der Waals surface area contributed by atoms with E-state index in [1.54, 1.807) is 24.8 Å². The van der Waals surface area contributed by atoms with Crippen molar-refractivity contribution in [2.45, 2.75) is 45.6 Å². The standard InChI is InChI=1S/C22H24N4O3/c1-11(2)10-26-16-12(3)7-6-8-13(16)22(20(26)28)14(9-23)18(24)25-17-15(22)19(27)29-21(17,4)5/h6-8,11,25H,10,24H2,1-5H3/t22-/m0/s1. The second-order valence-corrected chi connectivity index (χ2v) is 8.71. The number of amides is 1. The van der Waals surface area contributed by atoms with Crippen molar-refractivity contribution in [1.82, 2.24) is 5.32 Å². The molecular formula is C22H24N4O3. The van der Waals surface area contributed by atoms with Crippen molar-refractivity contribution >= 4 is 17.6 Å². The molecule has 7 nitrogen and oxygen atoms in total. The molecule has 4 rings (SSSR count). The number of aryl methyl sites for hydroxylation is 1. The van der Waals surface area contributed by atoms with Gasteiger partial charge in [0.25, 0.3) is 0 Å². The quantitative estimate of drug-likeness (QED) is 0.747. The highest BCUT2D eigenvalue weighted by Gasteiger charge is 2.65. The Kier molecular flexibility index (Phi) is 3.86. The lowest BCUT2D eigenvalue weighted by Crippen LogP contribution is -2.50. The van der Waals surface area contributed by atoms with Crippen LogP contribution in [-0.2, 0) is 19.7 Å². The van der Waals surface area contributed by atoms with Gasteiger partial charge in [0.15, 0.2) is 0 Å². The number of carbonyl (C=O) groups is 2. The molecule has 1 atom stereocenters. The zero-order valence-electron chi connectivity index (χ0n) is 17.2. The number of nitrogens with zero attached hydrogens (tertiary/aromatic N) is 2. The van der Waals surface area contributed by atoms with E-state index in [9.17, 15) is 14.9 Å². The summed E-state index contributed by atoms with van der Waals surface area (Å²) >= 11 is 0. The molecule has 3 aliphatic rings. The Bertz CT molecular complexity index is 1070. The number of rotatable bonds is 2. The summed E-state index contributed by atoms with van der Waals surface area (Å²) in [6.07, 6.45) is 0. The minimum atomic E-state index is -1.60. The van der Waals surface area contributed by atoms with Crippen molar-refractivity contribution in [2.24, 2.45) is 11.7 Å². The van der Waals surface area contributed by atoms with Gasteiger partial charge in [-0.25, -0.2) is 4.79 Å². The van der Waals surface area contributed by atoms with Gasteiger partial charge in [0, 0.05) is 12.1 Å². The summed E-state index contributed by atoms with van der Waals surface area (Å²) < 4.78 is 5.60. The van der Waals surface area contributed by atoms with Gasteiger partial charge in [-0.3, -0.25) is 4.79 Å². The van der Waals surface area contributed by atoms with Crippen LogP contribution in [0.15, 0.2) is 40.9 Å². The molecule has 1 spiro atoms. The van der Waals surface area contributed by atoms with Crippen molar-refractivity contribution in [3.05, 3.63) is 52.0 Å². The first-order chi connectivity index (χ1) is 13.6. The molecule has 7 heteroatoms. The molecule has 1 aromatic rings. The fraction of sp³-hybridized carbons (Fsp3) is 0.409. The molecule has 29 heavy (non-hydrogen) atoms. The van der Waals surface area contributed by atoms with Crippen LogP contribution < -0.4 is 16.0 Å². The highest BCUT2D eigenvalue weighted by atomic mass is 16.6. The maximum atomic E-state index is 14.1. The van der Waals surface area contributed by atoms with E-state index in [1.165, 1.54) is 0 Å². The van der Waals surface area contributed by atoms with E-state index in [0.717, 1.165) is 11.3 Å². The monoisotopic (exact) mass is 392 g/mol. The Morgan fingerprint density at radius 3 is 2.62 bits per heavy atom. The van der Waals surface area contributed by atoms with E-state index >= 15 is 0 Å². The van der Waals surface area contributed by atoms with Gasteiger partial charge in [0.05, 0.1) is 22.5 Å². The van der Waals surface area contributed by atoms with Crippen LogP contribution in [0.1, 0.15) is 38.8 Å². The molecule has 0 unspecified atom stereocenters. The van der Waals surface area contributed by atoms with Crippen LogP contribution in [0.3, 0.4) is 0 Å². The molecular weight excluding hydrogens is 368 g/mol. The fourth-order valence-corrected chi connectivity index (χ4v) is 4.72. The molecule has 1 aromatic carbocycles. The number of carbonyl (C=O) groups excluding carboxylic acids is 2. The topological polar surface area (TPSA) is 108 Å². The van der Waals surface area contributed by atoms with Crippen molar-refractivity contribution in [2.75, 3.05) is 11.4 Å². The number of benzene rings is 1. The van der Waals surface area contributed by atoms with Gasteiger partial charge in [0.2, 0.25) is 5.91 Å². The molecule has 0 aromatic heterocycles. The van der Waals surface area contributed by atoms with Crippen molar-refractivity contribution < 1.29 is 14.3 Å². The summed E-state index contributed by atoms with van der Waals surface area (Å²) in [6.45, 7) is 9.90. The first-order valence-corrected chi connectivity index (χ1v) is 9.65. The molecule has 150 valence electrons. The van der Waals surface area contributed by atoms with E-state index in [0.29, 0.717) is 17.8 Å². The van der Waals surface area contributed by atoms with E-state index in [1.807, 2.05) is 32.9 Å². The summed E-state index contributed by atoms with van der Waals surface area (Å²) in [5.41, 5.74) is 6.53. The SMILES string of the molecule is Cc1cccc2c1N(CC(C)C)C(=O)[C@]21C(C#N)=C(N)NC2=C1C(=O)OC2(C)C. The minimum absolute atomic E-state index is 0.0361. The maximum absolute atomic E-state index is 14.1. The molecule has 3 aliphatic heterocycles. The summed E-state index contributed by atoms with van der Waals surface area (Å²) in [4.78, 5) is 28.8. The highest BCUT2D eigenvalue weighted by molar-refractivity contribution is 6.20. The molecule has 0 radical (unpaired) electrons. The number of esters is 1. The van der Waals surface area contributed by atoms with Gasteiger partial charge in [0.1, 0.15) is 22.9 Å². The number of fused-ring (bicyclic) bond motifs is 3. The normalized spacial score (nSPS) is 24.7. The number of hydrogen-bond acceptors (Lipinski definition) is 6. The highest BCUT2D eigenvalue weighted by Crippen LogP contribution is 2.56. The van der Waals surface area contributed by atoms with E-state index in [-0.39, 0.29) is 28.8 Å². The Morgan fingerprint density at radius 2 is 2.00 bits per heavy atom. The van der Waals surface area contributed by atoms with Gasteiger partial charge >= 0.3 is 5.97 Å². The van der Waals surface area contributed by atoms with Crippen LogP contribution in [0.5, 0.6) is 0 Å². The Labute approximate surface area is 169 Å². The van der Waals surface area contributed by atoms with Gasteiger partial charge in [-0.15, -0.1) is 0 Å². The van der Waals surface area contributed by atoms with Crippen molar-refractivity contribution in [3.8, 4) is 6.07 Å². The third-order valence-electron chi connectivity index (χ3n) is 5.82. The van der Waals surface area contributed by atoms with Gasteiger partial charge in [-0.2, -0.15) is 5.26 Å². The first kappa shape index (κ1) is 19.1. The van der Waals surface area contributed by atoms with Crippen LogP contribution >= 0.6 is 0 Å². The number of hydrogen-bond donors (Lipinski definition) is 2. The lowest BCUT2D eigenvalue weighted by Gasteiger charge is -2.34. The van der Waals surface area contributed by atoms with Crippen LogP contribution in [-0.4, -0.2) is 24.0 Å². The summed E-state index contributed by atoms with van der Waals surface area (Å²) in [5, 5.41) is 13.0. The largest absolute Gasteiger partial charge is 0.450 e. The third kappa shape index (κ3) is 2.23. The lowest BCUT2D eigenvalue weighted by atomic mass is 9.67. The van der Waals surface area contributed by atoms with E-state index in [4.69, 9.17) is 10.5 Å². The average molecular weight is 392 g/mol. The molecule has 0 saturated carbocycles. The summed E-state index contributed by atoms with van der Waals surface area (Å²) in [6, 6.07) is 7.68. The summed E-state index contributed by atoms with van der Waals surface area (Å²) in [5.74, 6) is -0.677. The fourth-order valence-electron chi connectivity index (χ4n) is 4.72. The number of anilines is 1. The van der Waals surface area contributed by atoms with Crippen molar-refractivity contribution in [3.63, 3.8) is 0 Å². The first-order valence-electron chi connectivity index (χ1n) is 9.65. The molecule has 0 bridgehead atoms. The van der Waals surface area contributed by atoms with E-state index < -0.39 is 17.0 Å². The van der Waals surface area contributed by atoms with Gasteiger partial charge in [-0.1, -0.05) is 32.0 Å². The van der Waals surface area contributed by atoms with E-state index in [2.05, 4.69) is 11.4 Å². The number of nitriles is 1. The minimum Gasteiger partial charge on any atom is -0.450 e. The second kappa shape index (κ2) is 5.86. The van der Waals surface area contributed by atoms with Gasteiger partial charge < -0.3 is 20.7 Å². The molecule has 0 aliphatic carbocycles. The number of nitrogens with two attached hydrogens (primary N) is 1. The zero-order valence-corrected chi connectivity index (χ0v) is 17.2. The van der Waals surface area contributed by atoms with Crippen LogP contribution in [0.25, 0.3) is 0 Å². The zero-order chi connectivity index (χ0) is 21.3. The second-order valence-electron chi connectivity index (χ2n) is 8.71. The Hall–Kier alpha value is -3.27. The molecule has 0 fully saturated rings. The molecule has 1 amide bonds. The summed E-state index contributed by atoms with van der Waals surface area (Å²) in [7, 11) is 0. The average Bonchev–Trinajstić information content (AvgIpc) is 2.99. The number of ether oxygens (including phenoxy) is 1. The van der Waals surface area contributed by atoms with Gasteiger partial charge in [-0.05, 0) is 32.3 Å². The lowest BCUT2D eigenvalue weighted by molar-refractivity contribution is -0.145. The van der Waals surface area contributed by atoms with Crippen LogP contribution in [0.4, 0.5) is 5.69 Å². The number of dihydropyridines is 1. The predicted octanol–water partition coefficient (Wildman–Crippen LogP) is 2.12. The smallest absolute Gasteiger partial charge is 0.338 e. The number of para-hydroxylation sites is 1. The third-order valence-corrected chi connectivity index (χ3v) is 5.82. The van der Waals surface area contributed by atoms with Crippen LogP contribution in [0, 0.1) is 24.2 Å². The molecule has 3 N–H and O–H groups in total. The van der Waals surface area contributed by atoms with Crippen LogP contribution in [0.2, 0.25) is 0 Å². The maximum Gasteiger partial charge on any atom is 0.338 e. The number of nitrogens with one attached hydrogen (secondary N) is 1. The van der Waals surface area contributed by atoms with Crippen molar-refractivity contribution in [1.29, 1.82) is 5.26 Å². The molecule has 3 heterocycles. The molecule has 0 saturated heterocycles. The predicted molar refractivity (Wildman–Crippen MR) is 107 cm³/mol. The Balaban J connectivity index is 2.14. The number of cyclic esters (lactones) is 1.